The van der Waals surface area contributed by atoms with Crippen LogP contribution in [0.25, 0.3) is 0 Å². The fraction of sp³-hybridized carbons (Fsp3) is 1.00. The van der Waals surface area contributed by atoms with Gasteiger partial charge in [-0.2, -0.15) is 0 Å². The van der Waals surface area contributed by atoms with Gasteiger partial charge in [0.2, 0.25) is 0 Å². The molecule has 0 aromatic rings. The second-order valence-electron chi connectivity index (χ2n) is 4.31. The van der Waals surface area contributed by atoms with Crippen LogP contribution in [0.2, 0.25) is 0 Å². The molecule has 2 fully saturated rings. The summed E-state index contributed by atoms with van der Waals surface area (Å²) in [6.45, 7) is 6.40. The first-order valence-corrected chi connectivity index (χ1v) is 4.04. The average molecular weight is 157 g/mol. The third-order valence-corrected chi connectivity index (χ3v) is 2.83. The molecule has 0 saturated carbocycles. The Bertz CT molecular complexity index is 175. The average Bonchev–Trinajstić information content (AvgIpc) is 2.05. The number of rotatable bonds is 0. The Kier molecular flexibility index (Phi) is 1.35. The molecule has 2 N–H and O–H groups in total. The summed E-state index contributed by atoms with van der Waals surface area (Å²) in [5.74, 6) is 0. The summed E-state index contributed by atoms with van der Waals surface area (Å²) < 4.78 is 10.8. The SMILES string of the molecule is CC1(C)COC2(COC2)[C@H]1N. The largest absolute Gasteiger partial charge is 0.375 e. The normalized spacial score (nSPS) is 39.0. The molecule has 0 unspecified atom stereocenters. The summed E-state index contributed by atoms with van der Waals surface area (Å²) in [6.07, 6.45) is 0. The molecule has 0 aliphatic carbocycles. The van der Waals surface area contributed by atoms with Crippen LogP contribution in [0.3, 0.4) is 0 Å². The predicted octanol–water partition coefficient (Wildman–Crippen LogP) is 0.139. The van der Waals surface area contributed by atoms with E-state index >= 15 is 0 Å². The monoisotopic (exact) mass is 157 g/mol. The molecular formula is C8H15NO2. The number of nitrogens with two attached hydrogens (primary N) is 1. The highest BCUT2D eigenvalue weighted by Crippen LogP contribution is 2.41. The van der Waals surface area contributed by atoms with E-state index in [1.807, 2.05) is 0 Å². The van der Waals surface area contributed by atoms with Crippen molar-refractivity contribution in [3.05, 3.63) is 0 Å². The zero-order chi connectivity index (χ0) is 8.11. The summed E-state index contributed by atoms with van der Waals surface area (Å²) >= 11 is 0. The molecule has 1 spiro atoms. The molecule has 11 heavy (non-hydrogen) atoms. The lowest BCUT2D eigenvalue weighted by Crippen LogP contribution is -2.62. The standard InChI is InChI=1S/C8H15NO2/c1-7(2)3-11-8(6(7)9)4-10-5-8/h6H,3-5,9H2,1-2H3/t6-/m0/s1. The van der Waals surface area contributed by atoms with Crippen LogP contribution in [0.15, 0.2) is 0 Å². The zero-order valence-electron chi connectivity index (χ0n) is 7.09. The highest BCUT2D eigenvalue weighted by atomic mass is 16.6. The lowest BCUT2D eigenvalue weighted by molar-refractivity contribution is -0.189. The second-order valence-corrected chi connectivity index (χ2v) is 4.31. The van der Waals surface area contributed by atoms with Crippen LogP contribution < -0.4 is 5.73 Å². The maximum absolute atomic E-state index is 6.05. The van der Waals surface area contributed by atoms with Gasteiger partial charge in [0, 0.05) is 11.5 Å². The van der Waals surface area contributed by atoms with E-state index in [0.29, 0.717) is 13.2 Å². The highest BCUT2D eigenvalue weighted by molar-refractivity contribution is 5.08. The van der Waals surface area contributed by atoms with Gasteiger partial charge >= 0.3 is 0 Å². The lowest BCUT2D eigenvalue weighted by atomic mass is 9.78. The summed E-state index contributed by atoms with van der Waals surface area (Å²) in [7, 11) is 0. The summed E-state index contributed by atoms with van der Waals surface area (Å²) in [6, 6.07) is 0.128. The Morgan fingerprint density at radius 3 is 2.09 bits per heavy atom. The Morgan fingerprint density at radius 2 is 1.91 bits per heavy atom. The van der Waals surface area contributed by atoms with Crippen molar-refractivity contribution in [2.24, 2.45) is 11.1 Å². The van der Waals surface area contributed by atoms with Crippen LogP contribution in [0.1, 0.15) is 13.8 Å². The molecule has 64 valence electrons. The maximum atomic E-state index is 6.05. The van der Waals surface area contributed by atoms with E-state index < -0.39 is 0 Å². The molecule has 3 heteroatoms. The van der Waals surface area contributed by atoms with Gasteiger partial charge in [0.05, 0.1) is 19.8 Å². The van der Waals surface area contributed by atoms with Crippen molar-refractivity contribution in [3.8, 4) is 0 Å². The second kappa shape index (κ2) is 1.97. The Balaban J connectivity index is 2.17. The van der Waals surface area contributed by atoms with Crippen LogP contribution in [0.4, 0.5) is 0 Å². The molecule has 2 rings (SSSR count). The van der Waals surface area contributed by atoms with E-state index in [0.717, 1.165) is 6.61 Å². The molecule has 0 amide bonds. The highest BCUT2D eigenvalue weighted by Gasteiger charge is 2.56. The lowest BCUT2D eigenvalue weighted by Gasteiger charge is -2.42. The summed E-state index contributed by atoms with van der Waals surface area (Å²) in [4.78, 5) is 0. The Morgan fingerprint density at radius 1 is 1.27 bits per heavy atom. The smallest absolute Gasteiger partial charge is 0.130 e. The van der Waals surface area contributed by atoms with Crippen molar-refractivity contribution in [2.45, 2.75) is 25.5 Å². The van der Waals surface area contributed by atoms with E-state index in [-0.39, 0.29) is 17.1 Å². The molecule has 2 saturated heterocycles. The van der Waals surface area contributed by atoms with Crippen molar-refractivity contribution < 1.29 is 9.47 Å². The van der Waals surface area contributed by atoms with E-state index in [2.05, 4.69) is 13.8 Å². The minimum absolute atomic E-state index is 0.115. The van der Waals surface area contributed by atoms with Crippen LogP contribution in [0, 0.1) is 5.41 Å². The first kappa shape index (κ1) is 7.53. The van der Waals surface area contributed by atoms with Gasteiger partial charge in [0.25, 0.3) is 0 Å². The molecule has 0 aromatic carbocycles. The zero-order valence-corrected chi connectivity index (χ0v) is 7.09. The van der Waals surface area contributed by atoms with Gasteiger partial charge < -0.3 is 15.2 Å². The molecule has 2 aliphatic rings. The van der Waals surface area contributed by atoms with Crippen molar-refractivity contribution in [2.75, 3.05) is 19.8 Å². The maximum Gasteiger partial charge on any atom is 0.130 e. The molecule has 2 heterocycles. The van der Waals surface area contributed by atoms with E-state index in [4.69, 9.17) is 15.2 Å². The summed E-state index contributed by atoms with van der Waals surface area (Å²) in [5, 5.41) is 0. The summed E-state index contributed by atoms with van der Waals surface area (Å²) in [5.41, 5.74) is 6.03. The molecule has 1 atom stereocenters. The van der Waals surface area contributed by atoms with Gasteiger partial charge in [0.1, 0.15) is 5.60 Å². The van der Waals surface area contributed by atoms with Crippen molar-refractivity contribution in [1.29, 1.82) is 0 Å². The first-order valence-electron chi connectivity index (χ1n) is 4.04. The molecule has 3 nitrogen and oxygen atoms in total. The molecule has 0 aromatic heterocycles. The minimum Gasteiger partial charge on any atom is -0.375 e. The minimum atomic E-state index is -0.135. The van der Waals surface area contributed by atoms with Crippen molar-refractivity contribution in [3.63, 3.8) is 0 Å². The van der Waals surface area contributed by atoms with Crippen LogP contribution >= 0.6 is 0 Å². The predicted molar refractivity (Wildman–Crippen MR) is 41.3 cm³/mol. The topological polar surface area (TPSA) is 44.5 Å². The van der Waals surface area contributed by atoms with E-state index in [1.54, 1.807) is 0 Å². The third-order valence-electron chi connectivity index (χ3n) is 2.83. The van der Waals surface area contributed by atoms with Gasteiger partial charge in [-0.05, 0) is 0 Å². The van der Waals surface area contributed by atoms with Crippen molar-refractivity contribution in [1.82, 2.24) is 0 Å². The van der Waals surface area contributed by atoms with Gasteiger partial charge in [-0.15, -0.1) is 0 Å². The molecule has 0 bridgehead atoms. The third kappa shape index (κ3) is 0.849. The number of ether oxygens (including phenoxy) is 2. The fourth-order valence-corrected chi connectivity index (χ4v) is 1.79. The number of hydrogen-bond acceptors (Lipinski definition) is 3. The van der Waals surface area contributed by atoms with Crippen molar-refractivity contribution >= 4 is 0 Å². The first-order chi connectivity index (χ1) is 5.07. The number of hydrogen-bond donors (Lipinski definition) is 1. The quantitative estimate of drug-likeness (QED) is 0.544. The van der Waals surface area contributed by atoms with Crippen LogP contribution in [-0.2, 0) is 9.47 Å². The van der Waals surface area contributed by atoms with E-state index in [9.17, 15) is 0 Å². The fourth-order valence-electron chi connectivity index (χ4n) is 1.79. The van der Waals surface area contributed by atoms with Gasteiger partial charge in [-0.25, -0.2) is 0 Å². The van der Waals surface area contributed by atoms with E-state index in [1.165, 1.54) is 0 Å². The Labute approximate surface area is 66.8 Å². The molecule has 2 aliphatic heterocycles. The Hall–Kier alpha value is -0.120. The van der Waals surface area contributed by atoms with Crippen LogP contribution in [0.5, 0.6) is 0 Å². The van der Waals surface area contributed by atoms with Gasteiger partial charge in [0.15, 0.2) is 0 Å². The van der Waals surface area contributed by atoms with Gasteiger partial charge in [-0.1, -0.05) is 13.8 Å². The molecular weight excluding hydrogens is 142 g/mol. The molecule has 0 radical (unpaired) electrons. The van der Waals surface area contributed by atoms with Crippen LogP contribution in [-0.4, -0.2) is 31.5 Å². The van der Waals surface area contributed by atoms with Gasteiger partial charge in [-0.3, -0.25) is 0 Å².